The van der Waals surface area contributed by atoms with Crippen molar-refractivity contribution in [3.63, 3.8) is 0 Å². The van der Waals surface area contributed by atoms with Crippen LogP contribution < -0.4 is 11.3 Å². The Bertz CT molecular complexity index is 1230. The zero-order valence-corrected chi connectivity index (χ0v) is 17.5. The monoisotopic (exact) mass is 443 g/mol. The average Bonchev–Trinajstić information content (AvgIpc) is 3.52. The fourth-order valence-electron chi connectivity index (χ4n) is 4.35. The van der Waals surface area contributed by atoms with Gasteiger partial charge in [-0.1, -0.05) is 6.07 Å². The number of alkyl halides is 2. The number of pyridine rings is 2. The molecule has 168 valence electrons. The van der Waals surface area contributed by atoms with Gasteiger partial charge in [-0.15, -0.1) is 0 Å². The summed E-state index contributed by atoms with van der Waals surface area (Å²) in [5, 5.41) is 0. The van der Waals surface area contributed by atoms with Crippen molar-refractivity contribution < 1.29 is 18.0 Å². The predicted molar refractivity (Wildman–Crippen MR) is 111 cm³/mol. The molecule has 3 aromatic heterocycles. The number of carbonyl (C=O) groups is 1. The number of carbonyl (C=O) groups excluding carboxylic acids is 1. The number of hydrogen-bond acceptors (Lipinski definition) is 6. The minimum Gasteiger partial charge on any atom is -0.439 e. The molecule has 0 aromatic carbocycles. The number of aromatic amines is 1. The molecule has 1 saturated heterocycles. The van der Waals surface area contributed by atoms with Crippen LogP contribution in [0.4, 0.5) is 8.78 Å². The van der Waals surface area contributed by atoms with E-state index in [1.807, 2.05) is 0 Å². The van der Waals surface area contributed by atoms with E-state index in [1.165, 1.54) is 18.3 Å². The van der Waals surface area contributed by atoms with E-state index in [2.05, 4.69) is 15.0 Å². The summed E-state index contributed by atoms with van der Waals surface area (Å²) in [5.41, 5.74) is 5.52. The van der Waals surface area contributed by atoms with E-state index in [1.54, 1.807) is 24.0 Å². The number of primary amides is 1. The third-order valence-electron chi connectivity index (χ3n) is 6.65. The van der Waals surface area contributed by atoms with Crippen LogP contribution >= 0.6 is 0 Å². The van der Waals surface area contributed by atoms with Crippen LogP contribution in [-0.4, -0.2) is 44.8 Å². The molecule has 2 aliphatic rings. The van der Waals surface area contributed by atoms with Gasteiger partial charge >= 0.3 is 0 Å². The highest BCUT2D eigenvalue weighted by atomic mass is 19.3. The number of oxazole rings is 1. The molecule has 1 amide bonds. The summed E-state index contributed by atoms with van der Waals surface area (Å²) in [5.74, 6) is -3.99. The maximum atomic E-state index is 14.8. The van der Waals surface area contributed by atoms with Gasteiger partial charge in [0, 0.05) is 37.7 Å². The quantitative estimate of drug-likeness (QED) is 0.626. The molecule has 0 spiro atoms. The summed E-state index contributed by atoms with van der Waals surface area (Å²) in [6.07, 6.45) is 2.88. The van der Waals surface area contributed by atoms with Gasteiger partial charge < -0.3 is 15.1 Å². The Morgan fingerprint density at radius 1 is 1.28 bits per heavy atom. The molecule has 2 fully saturated rings. The van der Waals surface area contributed by atoms with Crippen LogP contribution in [0.25, 0.3) is 11.2 Å². The van der Waals surface area contributed by atoms with Gasteiger partial charge in [-0.25, -0.2) is 13.8 Å². The van der Waals surface area contributed by atoms with Crippen molar-refractivity contribution in [2.75, 3.05) is 13.1 Å². The van der Waals surface area contributed by atoms with E-state index in [-0.39, 0.29) is 18.6 Å². The second-order valence-corrected chi connectivity index (χ2v) is 8.78. The van der Waals surface area contributed by atoms with Gasteiger partial charge in [0.15, 0.2) is 17.1 Å². The Morgan fingerprint density at radius 2 is 2.06 bits per heavy atom. The van der Waals surface area contributed by atoms with Crippen molar-refractivity contribution >= 4 is 17.1 Å². The molecule has 0 radical (unpaired) electrons. The summed E-state index contributed by atoms with van der Waals surface area (Å²) in [4.78, 5) is 37.1. The molecule has 5 rings (SSSR count). The number of fused-ring (bicyclic) bond motifs is 1. The first-order valence-corrected chi connectivity index (χ1v) is 10.6. The second kappa shape index (κ2) is 7.19. The molecule has 0 bridgehead atoms. The molecule has 8 nitrogen and oxygen atoms in total. The molecule has 1 aliphatic heterocycles. The zero-order chi connectivity index (χ0) is 22.7. The minimum absolute atomic E-state index is 0.0435. The first-order valence-electron chi connectivity index (χ1n) is 10.6. The highest BCUT2D eigenvalue weighted by Gasteiger charge is 2.51. The van der Waals surface area contributed by atoms with Gasteiger partial charge in [0.25, 0.3) is 5.92 Å². The number of aromatic nitrogens is 3. The minimum atomic E-state index is -3.00. The molecule has 32 heavy (non-hydrogen) atoms. The molecule has 10 heteroatoms. The van der Waals surface area contributed by atoms with E-state index < -0.39 is 29.7 Å². The van der Waals surface area contributed by atoms with E-state index >= 15 is 0 Å². The number of hydrogen-bond donors (Lipinski definition) is 2. The Balaban J connectivity index is 1.52. The van der Waals surface area contributed by atoms with Crippen molar-refractivity contribution in [3.05, 3.63) is 58.0 Å². The van der Waals surface area contributed by atoms with Crippen LogP contribution in [0.2, 0.25) is 0 Å². The molecule has 4 heterocycles. The number of rotatable bonds is 5. The van der Waals surface area contributed by atoms with Gasteiger partial charge in [-0.05, 0) is 37.5 Å². The van der Waals surface area contributed by atoms with Crippen LogP contribution in [0.1, 0.15) is 55.2 Å². The van der Waals surface area contributed by atoms with E-state index in [0.717, 1.165) is 12.8 Å². The topological polar surface area (TPSA) is 118 Å². The summed E-state index contributed by atoms with van der Waals surface area (Å²) < 4.78 is 35.4. The summed E-state index contributed by atoms with van der Waals surface area (Å²) in [6, 6.07) is 5.93. The van der Waals surface area contributed by atoms with E-state index in [9.17, 15) is 18.4 Å². The maximum Gasteiger partial charge on any atom is 0.257 e. The van der Waals surface area contributed by atoms with Crippen LogP contribution in [0.15, 0.2) is 39.7 Å². The van der Waals surface area contributed by atoms with Crippen molar-refractivity contribution in [3.8, 4) is 0 Å². The third-order valence-corrected chi connectivity index (χ3v) is 6.65. The summed E-state index contributed by atoms with van der Waals surface area (Å²) in [6.45, 7) is 1.42. The number of nitrogens with two attached hydrogens (primary N) is 1. The molecular formula is C22H23F2N5O3. The summed E-state index contributed by atoms with van der Waals surface area (Å²) >= 11 is 0. The SMILES string of the molecule is CC(C(N)=O)(c1ccc2oc(C3CC3)nc2n1)N1CCC(F)(F)[C@@H](c2ccc(=O)[nH]c2)C1. The van der Waals surface area contributed by atoms with Gasteiger partial charge in [0.05, 0.1) is 11.6 Å². The number of nitrogens with one attached hydrogen (secondary N) is 1. The van der Waals surface area contributed by atoms with E-state index in [0.29, 0.717) is 34.3 Å². The largest absolute Gasteiger partial charge is 0.439 e. The first-order chi connectivity index (χ1) is 15.2. The van der Waals surface area contributed by atoms with Crippen LogP contribution in [-0.2, 0) is 10.3 Å². The lowest BCUT2D eigenvalue weighted by molar-refractivity contribution is -0.139. The molecule has 3 aromatic rings. The molecule has 3 N–H and O–H groups in total. The maximum absolute atomic E-state index is 14.8. The van der Waals surface area contributed by atoms with Crippen LogP contribution in [0.3, 0.4) is 0 Å². The Morgan fingerprint density at radius 3 is 2.72 bits per heavy atom. The number of nitrogens with zero attached hydrogens (tertiary/aromatic N) is 3. The third kappa shape index (κ3) is 3.38. The highest BCUT2D eigenvalue weighted by Crippen LogP contribution is 2.44. The molecule has 1 saturated carbocycles. The van der Waals surface area contributed by atoms with Crippen LogP contribution in [0.5, 0.6) is 0 Å². The lowest BCUT2D eigenvalue weighted by atomic mass is 9.83. The fourth-order valence-corrected chi connectivity index (χ4v) is 4.35. The van der Waals surface area contributed by atoms with Gasteiger partial charge in [-0.2, -0.15) is 4.98 Å². The highest BCUT2D eigenvalue weighted by molar-refractivity contribution is 5.86. The number of amides is 1. The number of piperidine rings is 1. The first kappa shape index (κ1) is 20.7. The number of likely N-dealkylation sites (tertiary alicyclic amines) is 1. The van der Waals surface area contributed by atoms with Gasteiger partial charge in [0.2, 0.25) is 11.5 Å². The number of halogens is 2. The standard InChI is InChI=1S/C22H23F2N5O3/c1-21(20(25)31,16-6-5-15-18(27-16)28-19(32-15)12-2-3-12)29-9-8-22(23,24)14(11-29)13-4-7-17(30)26-10-13/h4-7,10,12,14H,2-3,8-9,11H2,1H3,(H2,25,31)(H,26,30)/t14-,21?/m1/s1. The van der Waals surface area contributed by atoms with Crippen molar-refractivity contribution in [2.24, 2.45) is 5.73 Å². The summed E-state index contributed by atoms with van der Waals surface area (Å²) in [7, 11) is 0. The normalized spacial score (nSPS) is 23.2. The lowest BCUT2D eigenvalue weighted by Crippen LogP contribution is -2.59. The Hall–Kier alpha value is -3.14. The van der Waals surface area contributed by atoms with Crippen molar-refractivity contribution in [1.29, 1.82) is 0 Å². The van der Waals surface area contributed by atoms with Crippen molar-refractivity contribution in [2.45, 2.75) is 49.5 Å². The molecule has 2 atom stereocenters. The Kier molecular flexibility index (Phi) is 4.66. The van der Waals surface area contributed by atoms with Crippen LogP contribution in [0, 0.1) is 0 Å². The Labute approximate surface area is 181 Å². The van der Waals surface area contributed by atoms with Gasteiger partial charge in [-0.3, -0.25) is 14.5 Å². The second-order valence-electron chi connectivity index (χ2n) is 8.78. The van der Waals surface area contributed by atoms with Gasteiger partial charge in [0.1, 0.15) is 5.54 Å². The van der Waals surface area contributed by atoms with Crippen molar-refractivity contribution in [1.82, 2.24) is 19.9 Å². The molecule has 1 unspecified atom stereocenters. The predicted octanol–water partition coefficient (Wildman–Crippen LogP) is 2.61. The van der Waals surface area contributed by atoms with E-state index in [4.69, 9.17) is 10.2 Å². The molecule has 1 aliphatic carbocycles. The fraction of sp³-hybridized carbons (Fsp3) is 0.455. The zero-order valence-electron chi connectivity index (χ0n) is 17.5. The smallest absolute Gasteiger partial charge is 0.257 e. The number of H-pyrrole nitrogens is 1. The average molecular weight is 443 g/mol. The lowest BCUT2D eigenvalue weighted by Gasteiger charge is -2.45. The molecular weight excluding hydrogens is 420 g/mol.